The Morgan fingerprint density at radius 1 is 1.28 bits per heavy atom. The predicted molar refractivity (Wildman–Crippen MR) is 105 cm³/mol. The highest BCUT2D eigenvalue weighted by Gasteiger charge is 2.29. The van der Waals surface area contributed by atoms with Gasteiger partial charge in [-0.1, -0.05) is 0 Å². The maximum atomic E-state index is 12.6. The minimum absolute atomic E-state index is 0.0425. The van der Waals surface area contributed by atoms with E-state index in [2.05, 4.69) is 21.3 Å². The molecule has 11 heteroatoms. The highest BCUT2D eigenvalue weighted by Crippen LogP contribution is 2.29. The van der Waals surface area contributed by atoms with Crippen LogP contribution >= 0.6 is 11.3 Å². The molecule has 1 unspecified atom stereocenters. The summed E-state index contributed by atoms with van der Waals surface area (Å²) >= 11 is 1.17. The maximum absolute atomic E-state index is 12.6. The second-order valence-electron chi connectivity index (χ2n) is 7.46. The topological polar surface area (TPSA) is 143 Å². The molecule has 1 aliphatic heterocycles. The van der Waals surface area contributed by atoms with E-state index in [1.165, 1.54) is 23.6 Å². The minimum Gasteiger partial charge on any atom is -0.444 e. The van der Waals surface area contributed by atoms with E-state index >= 15 is 0 Å². The summed E-state index contributed by atoms with van der Waals surface area (Å²) in [7, 11) is 0. The minimum atomic E-state index is -0.839. The van der Waals surface area contributed by atoms with E-state index in [-0.39, 0.29) is 36.5 Å². The Morgan fingerprint density at radius 3 is 2.55 bits per heavy atom. The van der Waals surface area contributed by atoms with Crippen molar-refractivity contribution in [1.82, 2.24) is 16.0 Å². The number of alkyl carbamates (subject to hydrolysis) is 1. The van der Waals surface area contributed by atoms with Crippen molar-refractivity contribution in [2.24, 2.45) is 0 Å². The fourth-order valence-corrected chi connectivity index (χ4v) is 3.46. The first-order valence-electron chi connectivity index (χ1n) is 8.95. The molecule has 0 aromatic carbocycles. The highest BCUT2D eigenvalue weighted by molar-refractivity contribution is 7.11. The summed E-state index contributed by atoms with van der Waals surface area (Å²) in [4.78, 5) is 59.7. The number of ether oxygens (including phenoxy) is 1. The number of hydrogen-bond donors (Lipinski definition) is 4. The van der Waals surface area contributed by atoms with Crippen molar-refractivity contribution >= 4 is 46.7 Å². The van der Waals surface area contributed by atoms with E-state index in [1.807, 2.05) is 0 Å². The third-order valence-electron chi connectivity index (χ3n) is 3.75. The average Bonchev–Trinajstić information content (AvgIpc) is 2.96. The summed E-state index contributed by atoms with van der Waals surface area (Å²) in [6, 6.07) is -0.839. The Kier molecular flexibility index (Phi) is 6.96. The van der Waals surface area contributed by atoms with Crippen molar-refractivity contribution in [3.8, 4) is 0 Å². The molecule has 2 rings (SSSR count). The number of anilines is 1. The van der Waals surface area contributed by atoms with E-state index in [1.54, 1.807) is 20.8 Å². The van der Waals surface area contributed by atoms with Crippen molar-refractivity contribution < 1.29 is 28.7 Å². The lowest BCUT2D eigenvalue weighted by molar-refractivity contribution is -0.134. The lowest BCUT2D eigenvalue weighted by Crippen LogP contribution is -2.52. The van der Waals surface area contributed by atoms with Crippen LogP contribution in [0.4, 0.5) is 10.5 Å². The van der Waals surface area contributed by atoms with Gasteiger partial charge in [0.1, 0.15) is 11.6 Å². The fourth-order valence-electron chi connectivity index (χ4n) is 2.54. The molecule has 1 aromatic heterocycles. The molecule has 1 saturated heterocycles. The van der Waals surface area contributed by atoms with E-state index in [0.717, 1.165) is 0 Å². The van der Waals surface area contributed by atoms with Crippen LogP contribution in [0.2, 0.25) is 0 Å². The van der Waals surface area contributed by atoms with E-state index in [4.69, 9.17) is 4.74 Å². The summed E-state index contributed by atoms with van der Waals surface area (Å²) in [6.45, 7) is 6.54. The van der Waals surface area contributed by atoms with E-state index < -0.39 is 35.5 Å². The molecule has 29 heavy (non-hydrogen) atoms. The first-order chi connectivity index (χ1) is 13.5. The molecule has 10 nitrogen and oxygen atoms in total. The molecular weight excluding hydrogens is 400 g/mol. The Hall–Kier alpha value is -2.95. The molecule has 158 valence electrons. The molecule has 0 radical (unpaired) electrons. The van der Waals surface area contributed by atoms with Crippen LogP contribution in [0.3, 0.4) is 0 Å². The van der Waals surface area contributed by atoms with Gasteiger partial charge < -0.3 is 20.7 Å². The molecule has 1 aromatic rings. The van der Waals surface area contributed by atoms with E-state index in [9.17, 15) is 24.0 Å². The van der Waals surface area contributed by atoms with E-state index in [0.29, 0.717) is 4.88 Å². The SMILES string of the molecule is CC(=O)Nc1c(C(=O)NC2CCC(=O)NC2=O)csc1CNC(=O)OC(C)(C)C. The molecule has 1 fully saturated rings. The normalized spacial score (nSPS) is 16.6. The third kappa shape index (κ3) is 6.56. The molecule has 0 aliphatic carbocycles. The quantitative estimate of drug-likeness (QED) is 0.524. The molecular formula is C18H24N4O6S. The van der Waals surface area contributed by atoms with Gasteiger partial charge in [0, 0.05) is 23.6 Å². The summed E-state index contributed by atoms with van der Waals surface area (Å²) < 4.78 is 5.17. The standard InChI is InChI=1S/C18H24N4O6S/c1-9(23)20-14-10(15(25)21-11-5-6-13(24)22-16(11)26)8-29-12(14)7-19-17(27)28-18(2,3)4/h8,11H,5-7H2,1-4H3,(H,19,27)(H,20,23)(H,21,25)(H,22,24,26). The lowest BCUT2D eigenvalue weighted by Gasteiger charge is -2.22. The van der Waals surface area contributed by atoms with Crippen molar-refractivity contribution in [1.29, 1.82) is 0 Å². The Balaban J connectivity index is 2.12. The number of rotatable bonds is 5. The Morgan fingerprint density at radius 2 is 1.97 bits per heavy atom. The molecule has 0 bridgehead atoms. The molecule has 0 saturated carbocycles. The number of amides is 5. The van der Waals surface area contributed by atoms with Gasteiger partial charge >= 0.3 is 6.09 Å². The summed E-state index contributed by atoms with van der Waals surface area (Å²) in [5, 5.41) is 11.4. The third-order valence-corrected chi connectivity index (χ3v) is 4.74. The van der Waals surface area contributed by atoms with Crippen molar-refractivity contribution in [3.63, 3.8) is 0 Å². The maximum Gasteiger partial charge on any atom is 0.407 e. The summed E-state index contributed by atoms with van der Waals surface area (Å²) in [5.41, 5.74) is -0.244. The number of imide groups is 1. The number of hydrogen-bond acceptors (Lipinski definition) is 7. The van der Waals surface area contributed by atoms with Gasteiger partial charge in [0.05, 0.1) is 17.8 Å². The van der Waals surface area contributed by atoms with Gasteiger partial charge in [-0.2, -0.15) is 0 Å². The van der Waals surface area contributed by atoms with Gasteiger partial charge in [0.15, 0.2) is 0 Å². The number of piperidine rings is 1. The molecule has 5 amide bonds. The predicted octanol–water partition coefficient (Wildman–Crippen LogP) is 1.27. The van der Waals surface area contributed by atoms with Crippen LogP contribution in [0.15, 0.2) is 5.38 Å². The first-order valence-corrected chi connectivity index (χ1v) is 9.83. The number of thiophene rings is 1. The Bertz CT molecular complexity index is 842. The zero-order valence-electron chi connectivity index (χ0n) is 16.6. The second-order valence-corrected chi connectivity index (χ2v) is 8.43. The number of nitrogens with one attached hydrogen (secondary N) is 4. The van der Waals surface area contributed by atoms with Crippen LogP contribution < -0.4 is 21.3 Å². The highest BCUT2D eigenvalue weighted by atomic mass is 32.1. The molecule has 2 heterocycles. The van der Waals surface area contributed by atoms with Crippen LogP contribution in [0.25, 0.3) is 0 Å². The van der Waals surface area contributed by atoms with Gasteiger partial charge in [-0.25, -0.2) is 4.79 Å². The monoisotopic (exact) mass is 424 g/mol. The van der Waals surface area contributed by atoms with Crippen LogP contribution in [0.5, 0.6) is 0 Å². The summed E-state index contributed by atoms with van der Waals surface area (Å²) in [6.07, 6.45) is -0.304. The average molecular weight is 424 g/mol. The number of carbonyl (C=O) groups excluding carboxylic acids is 5. The van der Waals surface area contributed by atoms with Crippen LogP contribution in [0, 0.1) is 0 Å². The number of carbonyl (C=O) groups is 5. The van der Waals surface area contributed by atoms with Crippen molar-refractivity contribution in [2.75, 3.05) is 5.32 Å². The van der Waals surface area contributed by atoms with Crippen LogP contribution in [0.1, 0.15) is 55.8 Å². The van der Waals surface area contributed by atoms with Crippen LogP contribution in [-0.2, 0) is 25.7 Å². The lowest BCUT2D eigenvalue weighted by atomic mass is 10.1. The van der Waals surface area contributed by atoms with Crippen LogP contribution in [-0.4, -0.2) is 41.4 Å². The second kappa shape index (κ2) is 9.03. The first kappa shape index (κ1) is 22.3. The largest absolute Gasteiger partial charge is 0.444 e. The zero-order chi connectivity index (χ0) is 21.8. The van der Waals surface area contributed by atoms with Gasteiger partial charge in [0.2, 0.25) is 17.7 Å². The van der Waals surface area contributed by atoms with Crippen molar-refractivity contribution in [2.45, 2.75) is 58.7 Å². The Labute approximate surface area is 171 Å². The smallest absolute Gasteiger partial charge is 0.407 e. The molecule has 0 spiro atoms. The van der Waals surface area contributed by atoms with Gasteiger partial charge in [-0.3, -0.25) is 24.5 Å². The molecule has 1 atom stereocenters. The van der Waals surface area contributed by atoms with Gasteiger partial charge in [-0.15, -0.1) is 11.3 Å². The summed E-state index contributed by atoms with van der Waals surface area (Å²) in [5.74, 6) is -1.91. The van der Waals surface area contributed by atoms with Gasteiger partial charge in [0.25, 0.3) is 5.91 Å². The van der Waals surface area contributed by atoms with Gasteiger partial charge in [-0.05, 0) is 27.2 Å². The fraction of sp³-hybridized carbons (Fsp3) is 0.500. The van der Waals surface area contributed by atoms with Crippen molar-refractivity contribution in [3.05, 3.63) is 15.8 Å². The zero-order valence-corrected chi connectivity index (χ0v) is 17.5. The molecule has 4 N–H and O–H groups in total. The molecule has 1 aliphatic rings.